The molecule has 1 heterocycles. The Morgan fingerprint density at radius 2 is 2.08 bits per heavy atom. The standard InChI is InChI=1S/C17H20N2O5/c18-8-4-5-9-23-17(22)15-10-13(20)11-19(15)16(21)12-24-14-6-2-1-3-7-14/h1-3,6-7,13,15,20H,4-5,9-12H2/t13-,15+/m0/s1. The van der Waals surface area contributed by atoms with Crippen molar-refractivity contribution in [3.05, 3.63) is 30.3 Å². The molecule has 0 unspecified atom stereocenters. The van der Waals surface area contributed by atoms with Crippen LogP contribution in [-0.2, 0) is 14.3 Å². The predicted molar refractivity (Wildman–Crippen MR) is 83.9 cm³/mol. The molecule has 2 rings (SSSR count). The lowest BCUT2D eigenvalue weighted by atomic mass is 10.2. The molecule has 1 amide bonds. The lowest BCUT2D eigenvalue weighted by Gasteiger charge is -2.23. The molecule has 1 saturated heterocycles. The number of para-hydroxylation sites is 1. The number of likely N-dealkylation sites (tertiary alicyclic amines) is 1. The number of hydrogen-bond donors (Lipinski definition) is 1. The van der Waals surface area contributed by atoms with Crippen LogP contribution in [0.1, 0.15) is 19.3 Å². The Morgan fingerprint density at radius 3 is 2.79 bits per heavy atom. The van der Waals surface area contributed by atoms with Gasteiger partial charge in [-0.2, -0.15) is 5.26 Å². The first kappa shape index (κ1) is 17.8. The van der Waals surface area contributed by atoms with Crippen LogP contribution in [0.3, 0.4) is 0 Å². The fourth-order valence-corrected chi connectivity index (χ4v) is 2.48. The minimum absolute atomic E-state index is 0.0783. The van der Waals surface area contributed by atoms with Crippen molar-refractivity contribution in [2.24, 2.45) is 0 Å². The van der Waals surface area contributed by atoms with Gasteiger partial charge in [0.05, 0.1) is 18.8 Å². The molecular formula is C17H20N2O5. The third-order valence-corrected chi connectivity index (χ3v) is 3.65. The van der Waals surface area contributed by atoms with E-state index in [1.54, 1.807) is 24.3 Å². The van der Waals surface area contributed by atoms with Gasteiger partial charge in [0.25, 0.3) is 5.91 Å². The number of rotatable bonds is 7. The third-order valence-electron chi connectivity index (χ3n) is 3.65. The molecule has 1 fully saturated rings. The van der Waals surface area contributed by atoms with Crippen molar-refractivity contribution in [2.45, 2.75) is 31.4 Å². The number of carbonyl (C=O) groups excluding carboxylic acids is 2. The van der Waals surface area contributed by atoms with Crippen molar-refractivity contribution >= 4 is 11.9 Å². The number of aliphatic hydroxyl groups excluding tert-OH is 1. The molecule has 0 bridgehead atoms. The number of ether oxygens (including phenoxy) is 2. The van der Waals surface area contributed by atoms with E-state index >= 15 is 0 Å². The lowest BCUT2D eigenvalue weighted by molar-refractivity contribution is -0.154. The van der Waals surface area contributed by atoms with E-state index in [0.29, 0.717) is 18.6 Å². The van der Waals surface area contributed by atoms with E-state index in [1.165, 1.54) is 4.90 Å². The maximum absolute atomic E-state index is 12.3. The summed E-state index contributed by atoms with van der Waals surface area (Å²) in [4.78, 5) is 25.7. The molecule has 128 valence electrons. The fraction of sp³-hybridized carbons (Fsp3) is 0.471. The molecule has 1 aromatic rings. The van der Waals surface area contributed by atoms with E-state index in [-0.39, 0.29) is 32.1 Å². The van der Waals surface area contributed by atoms with Crippen molar-refractivity contribution in [1.82, 2.24) is 4.90 Å². The zero-order valence-corrected chi connectivity index (χ0v) is 13.3. The number of aliphatic hydroxyl groups is 1. The van der Waals surface area contributed by atoms with E-state index in [2.05, 4.69) is 0 Å². The van der Waals surface area contributed by atoms with Crippen LogP contribution in [0.25, 0.3) is 0 Å². The van der Waals surface area contributed by atoms with Crippen LogP contribution < -0.4 is 4.74 Å². The van der Waals surface area contributed by atoms with Crippen molar-refractivity contribution in [3.63, 3.8) is 0 Å². The highest BCUT2D eigenvalue weighted by molar-refractivity contribution is 5.86. The summed E-state index contributed by atoms with van der Waals surface area (Å²) in [7, 11) is 0. The molecule has 2 atom stereocenters. The monoisotopic (exact) mass is 332 g/mol. The molecule has 7 heteroatoms. The molecule has 1 N–H and O–H groups in total. The molecule has 0 aliphatic carbocycles. The summed E-state index contributed by atoms with van der Waals surface area (Å²) in [6.45, 7) is -0.00851. The van der Waals surface area contributed by atoms with Crippen LogP contribution in [-0.4, -0.2) is 53.8 Å². The summed E-state index contributed by atoms with van der Waals surface area (Å²) in [5.74, 6) is -0.381. The quantitative estimate of drug-likeness (QED) is 0.587. The number of amides is 1. The van der Waals surface area contributed by atoms with Gasteiger partial charge in [-0.1, -0.05) is 18.2 Å². The number of β-amino-alcohol motifs (C(OH)–C–C–N with tert-alkyl or cyclic N) is 1. The summed E-state index contributed by atoms with van der Waals surface area (Å²) >= 11 is 0. The number of nitriles is 1. The highest BCUT2D eigenvalue weighted by atomic mass is 16.5. The smallest absolute Gasteiger partial charge is 0.328 e. The highest BCUT2D eigenvalue weighted by Crippen LogP contribution is 2.20. The van der Waals surface area contributed by atoms with Crippen LogP contribution in [0.15, 0.2) is 30.3 Å². The molecular weight excluding hydrogens is 312 g/mol. The second-order valence-corrected chi connectivity index (χ2v) is 5.48. The van der Waals surface area contributed by atoms with Gasteiger partial charge in [0.15, 0.2) is 6.61 Å². The van der Waals surface area contributed by atoms with E-state index in [1.807, 2.05) is 12.1 Å². The first-order valence-electron chi connectivity index (χ1n) is 7.80. The maximum Gasteiger partial charge on any atom is 0.328 e. The second kappa shape index (κ2) is 8.89. The van der Waals surface area contributed by atoms with Crippen LogP contribution in [0.5, 0.6) is 5.75 Å². The average molecular weight is 332 g/mol. The Balaban J connectivity index is 1.87. The largest absolute Gasteiger partial charge is 0.484 e. The van der Waals surface area contributed by atoms with E-state index in [9.17, 15) is 14.7 Å². The zero-order chi connectivity index (χ0) is 17.4. The van der Waals surface area contributed by atoms with Gasteiger partial charge in [-0.3, -0.25) is 4.79 Å². The fourth-order valence-electron chi connectivity index (χ4n) is 2.48. The Hall–Kier alpha value is -2.59. The molecule has 7 nitrogen and oxygen atoms in total. The maximum atomic E-state index is 12.3. The second-order valence-electron chi connectivity index (χ2n) is 5.48. The van der Waals surface area contributed by atoms with Gasteiger partial charge >= 0.3 is 5.97 Å². The highest BCUT2D eigenvalue weighted by Gasteiger charge is 2.39. The van der Waals surface area contributed by atoms with Crippen LogP contribution >= 0.6 is 0 Å². The summed E-state index contributed by atoms with van der Waals surface area (Å²) in [6.07, 6.45) is 0.132. The van der Waals surface area contributed by atoms with Gasteiger partial charge < -0.3 is 19.5 Å². The minimum Gasteiger partial charge on any atom is -0.484 e. The van der Waals surface area contributed by atoms with Gasteiger partial charge in [0, 0.05) is 19.4 Å². The van der Waals surface area contributed by atoms with Gasteiger partial charge in [-0.25, -0.2) is 4.79 Å². The predicted octanol–water partition coefficient (Wildman–Crippen LogP) is 0.874. The molecule has 24 heavy (non-hydrogen) atoms. The molecule has 0 aromatic heterocycles. The molecule has 1 aliphatic heterocycles. The number of unbranched alkanes of at least 4 members (excludes halogenated alkanes) is 1. The molecule has 0 saturated carbocycles. The number of nitrogens with zero attached hydrogens (tertiary/aromatic N) is 2. The van der Waals surface area contributed by atoms with E-state index < -0.39 is 18.1 Å². The van der Waals surface area contributed by atoms with E-state index in [0.717, 1.165) is 0 Å². The first-order chi connectivity index (χ1) is 11.6. The summed E-state index contributed by atoms with van der Waals surface area (Å²) in [5, 5.41) is 18.2. The van der Waals surface area contributed by atoms with Crippen molar-refractivity contribution in [3.8, 4) is 11.8 Å². The van der Waals surface area contributed by atoms with Gasteiger partial charge in [-0.15, -0.1) is 0 Å². The number of benzene rings is 1. The lowest BCUT2D eigenvalue weighted by Crippen LogP contribution is -2.43. The van der Waals surface area contributed by atoms with Gasteiger partial charge in [0.2, 0.25) is 0 Å². The Morgan fingerprint density at radius 1 is 1.33 bits per heavy atom. The minimum atomic E-state index is -0.811. The topological polar surface area (TPSA) is 99.9 Å². The Labute approximate surface area is 140 Å². The molecule has 0 radical (unpaired) electrons. The Bertz CT molecular complexity index is 599. The zero-order valence-electron chi connectivity index (χ0n) is 13.3. The Kier molecular flexibility index (Phi) is 6.58. The summed E-state index contributed by atoms with van der Waals surface area (Å²) in [6, 6.07) is 10.0. The van der Waals surface area contributed by atoms with Gasteiger partial charge in [-0.05, 0) is 18.6 Å². The number of carbonyl (C=O) groups is 2. The normalized spacial score (nSPS) is 19.6. The van der Waals surface area contributed by atoms with Crippen molar-refractivity contribution in [1.29, 1.82) is 5.26 Å². The first-order valence-corrected chi connectivity index (χ1v) is 7.80. The van der Waals surface area contributed by atoms with Crippen molar-refractivity contribution in [2.75, 3.05) is 19.8 Å². The summed E-state index contributed by atoms with van der Waals surface area (Å²) in [5.41, 5.74) is 0. The van der Waals surface area contributed by atoms with Crippen LogP contribution in [0, 0.1) is 11.3 Å². The number of hydrogen-bond acceptors (Lipinski definition) is 6. The molecule has 0 spiro atoms. The molecule has 1 aliphatic rings. The average Bonchev–Trinajstić information content (AvgIpc) is 2.99. The molecule has 1 aromatic carbocycles. The van der Waals surface area contributed by atoms with Gasteiger partial charge in [0.1, 0.15) is 11.8 Å². The van der Waals surface area contributed by atoms with Crippen LogP contribution in [0.4, 0.5) is 0 Å². The number of esters is 1. The summed E-state index contributed by atoms with van der Waals surface area (Å²) < 4.78 is 10.5. The SMILES string of the molecule is N#CCCCOC(=O)[C@H]1C[C@H](O)CN1C(=O)COc1ccccc1. The third kappa shape index (κ3) is 4.96. The van der Waals surface area contributed by atoms with Crippen LogP contribution in [0.2, 0.25) is 0 Å². The van der Waals surface area contributed by atoms with Crippen molar-refractivity contribution < 1.29 is 24.2 Å². The van der Waals surface area contributed by atoms with E-state index in [4.69, 9.17) is 14.7 Å².